The van der Waals surface area contributed by atoms with Gasteiger partial charge in [0, 0.05) is 22.7 Å². The van der Waals surface area contributed by atoms with Gasteiger partial charge in [0.1, 0.15) is 5.82 Å². The first kappa shape index (κ1) is 11.0. The van der Waals surface area contributed by atoms with Crippen LogP contribution >= 0.6 is 0 Å². The number of hydrogen-bond acceptors (Lipinski definition) is 3. The molecule has 0 unspecified atom stereocenters. The monoisotopic (exact) mass is 242 g/mol. The molecule has 2 aromatic rings. The summed E-state index contributed by atoms with van der Waals surface area (Å²) >= 11 is 0. The Morgan fingerprint density at radius 3 is 2.83 bits per heavy atom. The van der Waals surface area contributed by atoms with Crippen molar-refractivity contribution in [3.8, 4) is 11.1 Å². The molecule has 0 atom stereocenters. The molecule has 0 radical (unpaired) electrons. The number of hydrogen-bond donors (Lipinski definition) is 1. The van der Waals surface area contributed by atoms with Crippen molar-refractivity contribution in [2.24, 2.45) is 5.92 Å². The Balaban J connectivity index is 1.82. The van der Waals surface area contributed by atoms with E-state index < -0.39 is 0 Å². The Hall–Kier alpha value is -2.10. The third kappa shape index (κ3) is 2.14. The zero-order chi connectivity index (χ0) is 12.5. The maximum Gasteiger partial charge on any atom is 0.228 e. The molecule has 1 amide bonds. The molecule has 1 saturated carbocycles. The Labute approximate surface area is 105 Å². The van der Waals surface area contributed by atoms with E-state index in [1.54, 1.807) is 12.5 Å². The molecule has 92 valence electrons. The minimum Gasteiger partial charge on any atom is -0.472 e. The van der Waals surface area contributed by atoms with Gasteiger partial charge < -0.3 is 9.73 Å². The number of aromatic nitrogens is 1. The van der Waals surface area contributed by atoms with Gasteiger partial charge in [0.15, 0.2) is 0 Å². The molecular formula is C14H14N2O2. The summed E-state index contributed by atoms with van der Waals surface area (Å²) < 4.78 is 5.06. The number of aryl methyl sites for hydroxylation is 1. The van der Waals surface area contributed by atoms with Crippen molar-refractivity contribution in [1.82, 2.24) is 4.98 Å². The maximum atomic E-state index is 11.6. The summed E-state index contributed by atoms with van der Waals surface area (Å²) in [5, 5.41) is 2.84. The molecule has 1 aliphatic carbocycles. The molecule has 0 aromatic carbocycles. The lowest BCUT2D eigenvalue weighted by Gasteiger charge is -2.07. The highest BCUT2D eigenvalue weighted by atomic mass is 16.3. The zero-order valence-corrected chi connectivity index (χ0v) is 10.1. The second-order valence-electron chi connectivity index (χ2n) is 4.61. The van der Waals surface area contributed by atoms with Gasteiger partial charge in [-0.05, 0) is 38.0 Å². The van der Waals surface area contributed by atoms with E-state index in [2.05, 4.69) is 10.3 Å². The minimum absolute atomic E-state index is 0.0814. The third-order valence-corrected chi connectivity index (χ3v) is 3.12. The van der Waals surface area contributed by atoms with Crippen LogP contribution in [0.4, 0.5) is 5.82 Å². The van der Waals surface area contributed by atoms with Crippen molar-refractivity contribution in [3.63, 3.8) is 0 Å². The van der Waals surface area contributed by atoms with Crippen LogP contribution in [0.1, 0.15) is 18.5 Å². The molecule has 1 fully saturated rings. The van der Waals surface area contributed by atoms with Gasteiger partial charge in [-0.2, -0.15) is 0 Å². The topological polar surface area (TPSA) is 55.1 Å². The van der Waals surface area contributed by atoms with E-state index in [1.165, 1.54) is 0 Å². The molecule has 2 aromatic heterocycles. The lowest BCUT2D eigenvalue weighted by atomic mass is 10.1. The largest absolute Gasteiger partial charge is 0.472 e. The van der Waals surface area contributed by atoms with Crippen molar-refractivity contribution in [2.75, 3.05) is 5.32 Å². The van der Waals surface area contributed by atoms with Gasteiger partial charge >= 0.3 is 0 Å². The van der Waals surface area contributed by atoms with Crippen molar-refractivity contribution in [1.29, 1.82) is 0 Å². The van der Waals surface area contributed by atoms with Crippen LogP contribution < -0.4 is 5.32 Å². The molecular weight excluding hydrogens is 228 g/mol. The van der Waals surface area contributed by atoms with Gasteiger partial charge in [0.25, 0.3) is 0 Å². The van der Waals surface area contributed by atoms with Crippen LogP contribution in [-0.2, 0) is 4.79 Å². The Morgan fingerprint density at radius 2 is 2.22 bits per heavy atom. The zero-order valence-electron chi connectivity index (χ0n) is 10.1. The molecule has 1 N–H and O–H groups in total. The normalized spacial score (nSPS) is 14.5. The number of pyridine rings is 1. The summed E-state index contributed by atoms with van der Waals surface area (Å²) in [7, 11) is 0. The smallest absolute Gasteiger partial charge is 0.228 e. The fraction of sp³-hybridized carbons (Fsp3) is 0.286. The number of carbonyl (C=O) groups excluding carboxylic acids is 1. The number of nitrogens with one attached hydrogen (secondary N) is 1. The van der Waals surface area contributed by atoms with E-state index in [4.69, 9.17) is 4.42 Å². The molecule has 3 rings (SSSR count). The van der Waals surface area contributed by atoms with Gasteiger partial charge in [-0.25, -0.2) is 4.98 Å². The first-order valence-corrected chi connectivity index (χ1v) is 6.05. The van der Waals surface area contributed by atoms with E-state index >= 15 is 0 Å². The molecule has 0 saturated heterocycles. The van der Waals surface area contributed by atoms with E-state index in [-0.39, 0.29) is 11.8 Å². The van der Waals surface area contributed by atoms with Crippen LogP contribution in [0, 0.1) is 12.8 Å². The summed E-state index contributed by atoms with van der Waals surface area (Å²) in [5.74, 6) is 0.898. The molecule has 4 nitrogen and oxygen atoms in total. The van der Waals surface area contributed by atoms with Crippen molar-refractivity contribution < 1.29 is 9.21 Å². The Bertz CT molecular complexity index is 571. The van der Waals surface area contributed by atoms with Gasteiger partial charge in [-0.3, -0.25) is 4.79 Å². The highest BCUT2D eigenvalue weighted by Gasteiger charge is 2.29. The standard InChI is InChI=1S/C14H14N2O2/c1-9-12(11-6-7-18-8-11)4-5-13(15-9)16-14(17)10-2-3-10/h4-8,10H,2-3H2,1H3,(H,15,16,17). The van der Waals surface area contributed by atoms with Crippen LogP contribution in [0.15, 0.2) is 35.1 Å². The van der Waals surface area contributed by atoms with Crippen LogP contribution in [0.25, 0.3) is 11.1 Å². The number of amides is 1. The fourth-order valence-electron chi connectivity index (χ4n) is 1.93. The van der Waals surface area contributed by atoms with E-state index in [0.29, 0.717) is 5.82 Å². The second kappa shape index (κ2) is 4.29. The number of anilines is 1. The van der Waals surface area contributed by atoms with Gasteiger partial charge in [-0.15, -0.1) is 0 Å². The fourth-order valence-corrected chi connectivity index (χ4v) is 1.93. The average Bonchev–Trinajstić information content (AvgIpc) is 3.07. The lowest BCUT2D eigenvalue weighted by molar-refractivity contribution is -0.117. The number of nitrogens with zero attached hydrogens (tertiary/aromatic N) is 1. The quantitative estimate of drug-likeness (QED) is 0.900. The van der Waals surface area contributed by atoms with Crippen LogP contribution in [0.5, 0.6) is 0 Å². The molecule has 18 heavy (non-hydrogen) atoms. The summed E-state index contributed by atoms with van der Waals surface area (Å²) in [6.07, 6.45) is 5.32. The molecule has 0 bridgehead atoms. The van der Waals surface area contributed by atoms with Gasteiger partial charge in [0.05, 0.1) is 12.5 Å². The first-order chi connectivity index (χ1) is 8.74. The SMILES string of the molecule is Cc1nc(NC(=O)C2CC2)ccc1-c1ccoc1. The van der Waals surface area contributed by atoms with Crippen LogP contribution in [0.3, 0.4) is 0 Å². The molecule has 2 heterocycles. The first-order valence-electron chi connectivity index (χ1n) is 6.05. The average molecular weight is 242 g/mol. The second-order valence-corrected chi connectivity index (χ2v) is 4.61. The predicted octanol–water partition coefficient (Wildman–Crippen LogP) is 3.00. The number of rotatable bonds is 3. The molecule has 1 aliphatic rings. The van der Waals surface area contributed by atoms with E-state index in [0.717, 1.165) is 29.7 Å². The number of carbonyl (C=O) groups is 1. The minimum atomic E-state index is 0.0814. The predicted molar refractivity (Wildman–Crippen MR) is 68.0 cm³/mol. The Morgan fingerprint density at radius 1 is 1.39 bits per heavy atom. The number of furan rings is 1. The van der Waals surface area contributed by atoms with Gasteiger partial charge in [-0.1, -0.05) is 0 Å². The molecule has 0 aliphatic heterocycles. The third-order valence-electron chi connectivity index (χ3n) is 3.12. The summed E-state index contributed by atoms with van der Waals surface area (Å²) in [4.78, 5) is 16.0. The van der Waals surface area contributed by atoms with Crippen LogP contribution in [0.2, 0.25) is 0 Å². The maximum absolute atomic E-state index is 11.6. The summed E-state index contributed by atoms with van der Waals surface area (Å²) in [6, 6.07) is 5.68. The molecule has 4 heteroatoms. The molecule has 0 spiro atoms. The lowest BCUT2D eigenvalue weighted by Crippen LogP contribution is -2.14. The van der Waals surface area contributed by atoms with Crippen molar-refractivity contribution in [3.05, 3.63) is 36.4 Å². The van der Waals surface area contributed by atoms with Crippen molar-refractivity contribution >= 4 is 11.7 Å². The van der Waals surface area contributed by atoms with E-state index in [9.17, 15) is 4.79 Å². The van der Waals surface area contributed by atoms with E-state index in [1.807, 2.05) is 25.1 Å². The van der Waals surface area contributed by atoms with Crippen molar-refractivity contribution in [2.45, 2.75) is 19.8 Å². The summed E-state index contributed by atoms with van der Waals surface area (Å²) in [5.41, 5.74) is 2.90. The summed E-state index contributed by atoms with van der Waals surface area (Å²) in [6.45, 7) is 1.93. The highest BCUT2D eigenvalue weighted by Crippen LogP contribution is 2.30. The Kier molecular flexibility index (Phi) is 2.63. The van der Waals surface area contributed by atoms with Crippen LogP contribution in [-0.4, -0.2) is 10.9 Å². The van der Waals surface area contributed by atoms with Gasteiger partial charge in [0.2, 0.25) is 5.91 Å². The highest BCUT2D eigenvalue weighted by molar-refractivity contribution is 5.93.